The number of nitrogens with zero attached hydrogens (tertiary/aromatic N) is 2. The second kappa shape index (κ2) is 6.12. The third-order valence-corrected chi connectivity index (χ3v) is 3.21. The molecule has 0 aromatic carbocycles. The molecule has 1 fully saturated rings. The Morgan fingerprint density at radius 1 is 1.47 bits per heavy atom. The summed E-state index contributed by atoms with van der Waals surface area (Å²) in [5.74, 6) is 0.766. The molecule has 2 rings (SSSR count). The minimum absolute atomic E-state index is 0.646. The molecule has 1 aromatic heterocycles. The van der Waals surface area contributed by atoms with Crippen LogP contribution in [0.3, 0.4) is 0 Å². The summed E-state index contributed by atoms with van der Waals surface area (Å²) in [6.07, 6.45) is 3.14. The van der Waals surface area contributed by atoms with Crippen LogP contribution < -0.4 is 5.32 Å². The number of piperazine rings is 1. The predicted octanol–water partition coefficient (Wildman–Crippen LogP) is 1.90. The summed E-state index contributed by atoms with van der Waals surface area (Å²) in [4.78, 5) is 6.90. The van der Waals surface area contributed by atoms with Gasteiger partial charge < -0.3 is 5.32 Å². The molecular formula is C14H23N3. The predicted molar refractivity (Wildman–Crippen MR) is 70.8 cm³/mol. The zero-order valence-corrected chi connectivity index (χ0v) is 10.9. The lowest BCUT2D eigenvalue weighted by Crippen LogP contribution is -2.50. The van der Waals surface area contributed by atoms with Crippen LogP contribution in [0.25, 0.3) is 0 Å². The Kier molecular flexibility index (Phi) is 4.51. The normalized spacial score (nSPS) is 21.9. The van der Waals surface area contributed by atoms with E-state index in [-0.39, 0.29) is 0 Å². The highest BCUT2D eigenvalue weighted by Gasteiger charge is 2.20. The topological polar surface area (TPSA) is 28.2 Å². The molecule has 0 aliphatic carbocycles. The second-order valence-electron chi connectivity index (χ2n) is 5.34. The molecule has 1 N–H and O–H groups in total. The molecular weight excluding hydrogens is 210 g/mol. The van der Waals surface area contributed by atoms with E-state index in [4.69, 9.17) is 0 Å². The van der Waals surface area contributed by atoms with Crippen LogP contribution in [0.2, 0.25) is 0 Å². The maximum Gasteiger partial charge on any atom is 0.0543 e. The van der Waals surface area contributed by atoms with Crippen molar-refractivity contribution in [2.75, 3.05) is 19.6 Å². The third kappa shape index (κ3) is 4.10. The van der Waals surface area contributed by atoms with Crippen molar-refractivity contribution < 1.29 is 0 Å². The fraction of sp³-hybridized carbons (Fsp3) is 0.643. The average Bonchev–Trinajstić information content (AvgIpc) is 2.30. The van der Waals surface area contributed by atoms with E-state index < -0.39 is 0 Å². The Morgan fingerprint density at radius 3 is 3.06 bits per heavy atom. The molecule has 1 aliphatic heterocycles. The molecule has 1 unspecified atom stereocenters. The highest BCUT2D eigenvalue weighted by Crippen LogP contribution is 2.11. The van der Waals surface area contributed by atoms with E-state index in [2.05, 4.69) is 41.2 Å². The number of nitrogens with one attached hydrogen (secondary N) is 1. The van der Waals surface area contributed by atoms with Crippen LogP contribution in [0.4, 0.5) is 0 Å². The van der Waals surface area contributed by atoms with E-state index in [1.165, 1.54) is 12.1 Å². The molecule has 1 saturated heterocycles. The standard InChI is InChI=1S/C14H23N3/c1-12(2)9-14-11-17(8-7-16-14)10-13-5-3-4-6-15-13/h3-6,12,14,16H,7-11H2,1-2H3. The lowest BCUT2D eigenvalue weighted by molar-refractivity contribution is 0.178. The van der Waals surface area contributed by atoms with E-state index in [1.54, 1.807) is 0 Å². The van der Waals surface area contributed by atoms with Gasteiger partial charge in [0.2, 0.25) is 0 Å². The van der Waals surface area contributed by atoms with Crippen molar-refractivity contribution in [1.29, 1.82) is 0 Å². The first-order chi connectivity index (χ1) is 8.24. The minimum atomic E-state index is 0.646. The van der Waals surface area contributed by atoms with E-state index in [9.17, 15) is 0 Å². The van der Waals surface area contributed by atoms with Gasteiger partial charge in [0, 0.05) is 38.4 Å². The number of hydrogen-bond donors (Lipinski definition) is 1. The zero-order chi connectivity index (χ0) is 12.1. The summed E-state index contributed by atoms with van der Waals surface area (Å²) in [6, 6.07) is 6.80. The minimum Gasteiger partial charge on any atom is -0.311 e. The molecule has 94 valence electrons. The molecule has 3 nitrogen and oxygen atoms in total. The molecule has 3 heteroatoms. The fourth-order valence-corrected chi connectivity index (χ4v) is 2.49. The van der Waals surface area contributed by atoms with Crippen LogP contribution in [-0.2, 0) is 6.54 Å². The summed E-state index contributed by atoms with van der Waals surface area (Å²) in [5, 5.41) is 3.60. The van der Waals surface area contributed by atoms with Gasteiger partial charge in [0.25, 0.3) is 0 Å². The van der Waals surface area contributed by atoms with Gasteiger partial charge in [-0.2, -0.15) is 0 Å². The molecule has 0 bridgehead atoms. The molecule has 1 aliphatic rings. The Morgan fingerprint density at radius 2 is 2.35 bits per heavy atom. The Labute approximate surface area is 104 Å². The van der Waals surface area contributed by atoms with Gasteiger partial charge in [-0.05, 0) is 24.5 Å². The SMILES string of the molecule is CC(C)CC1CN(Cc2ccccn2)CCN1. The summed E-state index contributed by atoms with van der Waals surface area (Å²) < 4.78 is 0. The summed E-state index contributed by atoms with van der Waals surface area (Å²) in [5.41, 5.74) is 1.18. The van der Waals surface area contributed by atoms with Gasteiger partial charge in [-0.25, -0.2) is 0 Å². The van der Waals surface area contributed by atoms with Crippen molar-refractivity contribution in [3.05, 3.63) is 30.1 Å². The van der Waals surface area contributed by atoms with Gasteiger partial charge >= 0.3 is 0 Å². The Hall–Kier alpha value is -0.930. The van der Waals surface area contributed by atoms with Gasteiger partial charge in [-0.3, -0.25) is 9.88 Å². The molecule has 1 aromatic rings. The Balaban J connectivity index is 1.85. The van der Waals surface area contributed by atoms with E-state index in [0.29, 0.717) is 6.04 Å². The second-order valence-corrected chi connectivity index (χ2v) is 5.34. The third-order valence-electron chi connectivity index (χ3n) is 3.21. The largest absolute Gasteiger partial charge is 0.311 e. The first-order valence-corrected chi connectivity index (χ1v) is 6.59. The average molecular weight is 233 g/mol. The summed E-state index contributed by atoms with van der Waals surface area (Å²) in [6.45, 7) is 8.94. The monoisotopic (exact) mass is 233 g/mol. The van der Waals surface area contributed by atoms with Crippen LogP contribution in [0.1, 0.15) is 26.0 Å². The quantitative estimate of drug-likeness (QED) is 0.861. The first kappa shape index (κ1) is 12.5. The van der Waals surface area contributed by atoms with E-state index in [1.807, 2.05) is 12.3 Å². The summed E-state index contributed by atoms with van der Waals surface area (Å²) >= 11 is 0. The van der Waals surface area contributed by atoms with E-state index in [0.717, 1.165) is 32.1 Å². The molecule has 0 saturated carbocycles. The number of pyridine rings is 1. The number of hydrogen-bond acceptors (Lipinski definition) is 3. The van der Waals surface area contributed by atoms with Crippen molar-refractivity contribution in [3.8, 4) is 0 Å². The maximum absolute atomic E-state index is 4.40. The van der Waals surface area contributed by atoms with Crippen molar-refractivity contribution >= 4 is 0 Å². The number of rotatable bonds is 4. The lowest BCUT2D eigenvalue weighted by Gasteiger charge is -2.34. The lowest BCUT2D eigenvalue weighted by atomic mass is 10.0. The molecule has 0 amide bonds. The zero-order valence-electron chi connectivity index (χ0n) is 10.9. The summed E-state index contributed by atoms with van der Waals surface area (Å²) in [7, 11) is 0. The van der Waals surface area contributed by atoms with Crippen LogP contribution in [0.5, 0.6) is 0 Å². The molecule has 0 spiro atoms. The maximum atomic E-state index is 4.40. The molecule has 2 heterocycles. The van der Waals surface area contributed by atoms with Crippen molar-refractivity contribution in [3.63, 3.8) is 0 Å². The van der Waals surface area contributed by atoms with Gasteiger partial charge in [-0.1, -0.05) is 19.9 Å². The van der Waals surface area contributed by atoms with Gasteiger partial charge in [0.05, 0.1) is 5.69 Å². The molecule has 0 radical (unpaired) electrons. The van der Waals surface area contributed by atoms with Crippen molar-refractivity contribution in [2.45, 2.75) is 32.9 Å². The number of aromatic nitrogens is 1. The smallest absolute Gasteiger partial charge is 0.0543 e. The van der Waals surface area contributed by atoms with Crippen molar-refractivity contribution in [2.24, 2.45) is 5.92 Å². The van der Waals surface area contributed by atoms with Gasteiger partial charge in [-0.15, -0.1) is 0 Å². The van der Waals surface area contributed by atoms with Crippen LogP contribution in [0, 0.1) is 5.92 Å². The van der Waals surface area contributed by atoms with E-state index >= 15 is 0 Å². The van der Waals surface area contributed by atoms with Crippen LogP contribution >= 0.6 is 0 Å². The molecule has 1 atom stereocenters. The first-order valence-electron chi connectivity index (χ1n) is 6.59. The highest BCUT2D eigenvalue weighted by atomic mass is 15.2. The van der Waals surface area contributed by atoms with Crippen molar-refractivity contribution in [1.82, 2.24) is 15.2 Å². The Bertz CT molecular complexity index is 323. The highest BCUT2D eigenvalue weighted by molar-refractivity contribution is 5.03. The van der Waals surface area contributed by atoms with Gasteiger partial charge in [0.1, 0.15) is 0 Å². The fourth-order valence-electron chi connectivity index (χ4n) is 2.49. The molecule has 17 heavy (non-hydrogen) atoms. The van der Waals surface area contributed by atoms with Gasteiger partial charge in [0.15, 0.2) is 0 Å². The van der Waals surface area contributed by atoms with Crippen LogP contribution in [-0.4, -0.2) is 35.6 Å². The van der Waals surface area contributed by atoms with Crippen LogP contribution in [0.15, 0.2) is 24.4 Å².